The average molecular weight is 591 g/mol. The molecule has 0 fully saturated rings. The molecular weight excluding hydrogens is 540 g/mol. The molecule has 0 bridgehead atoms. The number of carbonyl (C=O) groups is 1. The predicted molar refractivity (Wildman–Crippen MR) is 184 cm³/mol. The molecule has 0 saturated heterocycles. The zero-order valence-corrected chi connectivity index (χ0v) is 28.2. The molecule has 0 saturated carbocycles. The quantitative estimate of drug-likeness (QED) is 0.122. The summed E-state index contributed by atoms with van der Waals surface area (Å²) in [6.45, 7) is 19.2. The van der Waals surface area contributed by atoms with Crippen LogP contribution in [0.5, 0.6) is 11.5 Å². The molecular formula is C41H50O3. The molecule has 44 heavy (non-hydrogen) atoms. The van der Waals surface area contributed by atoms with E-state index in [9.17, 15) is 4.79 Å². The highest BCUT2D eigenvalue weighted by molar-refractivity contribution is 5.82. The molecule has 0 aliphatic heterocycles. The normalized spacial score (nSPS) is 13.4. The predicted octanol–water partition coefficient (Wildman–Crippen LogP) is 11.3. The number of ether oxygens (including phenoxy) is 2. The van der Waals surface area contributed by atoms with Crippen molar-refractivity contribution in [2.75, 3.05) is 0 Å². The van der Waals surface area contributed by atoms with Crippen molar-refractivity contribution in [1.29, 1.82) is 0 Å². The molecule has 0 heterocycles. The first-order chi connectivity index (χ1) is 20.8. The summed E-state index contributed by atoms with van der Waals surface area (Å²) < 4.78 is 12.7. The highest BCUT2D eigenvalue weighted by Gasteiger charge is 2.33. The van der Waals surface area contributed by atoms with E-state index in [2.05, 4.69) is 108 Å². The molecule has 0 aliphatic carbocycles. The molecule has 4 rings (SSSR count). The summed E-state index contributed by atoms with van der Waals surface area (Å²) in [6.07, 6.45) is 2.55. The lowest BCUT2D eigenvalue weighted by atomic mass is 9.70. The summed E-state index contributed by atoms with van der Waals surface area (Å²) in [5.74, 6) is 1.71. The number of esters is 1. The van der Waals surface area contributed by atoms with Crippen LogP contribution in [0, 0.1) is 11.3 Å². The van der Waals surface area contributed by atoms with E-state index in [1.54, 1.807) is 0 Å². The molecule has 3 nitrogen and oxygen atoms in total. The first-order valence-electron chi connectivity index (χ1n) is 16.1. The average Bonchev–Trinajstić information content (AvgIpc) is 3.01. The van der Waals surface area contributed by atoms with Gasteiger partial charge < -0.3 is 9.47 Å². The van der Waals surface area contributed by atoms with Gasteiger partial charge in [0.15, 0.2) is 0 Å². The van der Waals surface area contributed by atoms with Crippen molar-refractivity contribution in [2.24, 2.45) is 11.3 Å². The molecule has 0 spiro atoms. The van der Waals surface area contributed by atoms with Crippen LogP contribution in [0.4, 0.5) is 0 Å². The minimum atomic E-state index is -0.567. The first kappa shape index (κ1) is 33.1. The number of benzene rings is 4. The van der Waals surface area contributed by atoms with Crippen LogP contribution >= 0.6 is 0 Å². The Balaban J connectivity index is 1.91. The highest BCUT2D eigenvalue weighted by atomic mass is 16.5. The van der Waals surface area contributed by atoms with E-state index in [4.69, 9.17) is 9.47 Å². The smallest absolute Gasteiger partial charge is 0.316 e. The Morgan fingerprint density at radius 1 is 0.659 bits per heavy atom. The first-order valence-corrected chi connectivity index (χ1v) is 16.1. The molecule has 0 N–H and O–H groups in total. The lowest BCUT2D eigenvalue weighted by Crippen LogP contribution is -2.29. The van der Waals surface area contributed by atoms with Crippen LogP contribution in [-0.2, 0) is 10.2 Å². The van der Waals surface area contributed by atoms with E-state index < -0.39 is 5.41 Å². The zero-order chi connectivity index (χ0) is 32.1. The van der Waals surface area contributed by atoms with Gasteiger partial charge >= 0.3 is 5.97 Å². The summed E-state index contributed by atoms with van der Waals surface area (Å²) in [7, 11) is 0. The Morgan fingerprint density at radius 3 is 1.59 bits per heavy atom. The van der Waals surface area contributed by atoms with E-state index in [-0.39, 0.29) is 17.0 Å². The van der Waals surface area contributed by atoms with E-state index >= 15 is 0 Å². The maximum Gasteiger partial charge on any atom is 0.316 e. The Kier molecular flexibility index (Phi) is 10.1. The number of hydrogen-bond donors (Lipinski definition) is 0. The standard InChI is InChI=1S/C41H50O3/c1-10-39(5,6)38(42)43-36-24-22-32(26-34(36)30-18-14-12-15-19-30)41(9,28-29(3)4)33-23-25-37(44-40(7,8)11-2)35(27-33)31-20-16-13-17-21-31/h12-27,29H,10-11,28H2,1-9H3. The third kappa shape index (κ3) is 7.44. The minimum absolute atomic E-state index is 0.215. The molecule has 0 amide bonds. The van der Waals surface area contributed by atoms with Gasteiger partial charge in [0.2, 0.25) is 0 Å². The van der Waals surface area contributed by atoms with Gasteiger partial charge in [0, 0.05) is 16.5 Å². The van der Waals surface area contributed by atoms with Crippen molar-refractivity contribution in [2.45, 2.75) is 92.6 Å². The molecule has 0 radical (unpaired) electrons. The molecule has 4 aromatic carbocycles. The highest BCUT2D eigenvalue weighted by Crippen LogP contribution is 2.45. The number of hydrogen-bond acceptors (Lipinski definition) is 3. The van der Waals surface area contributed by atoms with Gasteiger partial charge in [0.25, 0.3) is 0 Å². The summed E-state index contributed by atoms with van der Waals surface area (Å²) in [5, 5.41) is 0. The second-order valence-corrected chi connectivity index (χ2v) is 13.9. The van der Waals surface area contributed by atoms with Gasteiger partial charge in [-0.15, -0.1) is 0 Å². The third-order valence-electron chi connectivity index (χ3n) is 9.10. The van der Waals surface area contributed by atoms with Crippen LogP contribution in [0.2, 0.25) is 0 Å². The third-order valence-corrected chi connectivity index (χ3v) is 9.10. The summed E-state index contributed by atoms with van der Waals surface area (Å²) in [6, 6.07) is 33.8. The molecule has 4 aromatic rings. The molecule has 0 aliphatic rings. The Morgan fingerprint density at radius 2 is 1.14 bits per heavy atom. The lowest BCUT2D eigenvalue weighted by molar-refractivity contribution is -0.144. The van der Waals surface area contributed by atoms with Crippen LogP contribution in [0.1, 0.15) is 92.7 Å². The second kappa shape index (κ2) is 13.4. The van der Waals surface area contributed by atoms with Crippen LogP contribution < -0.4 is 9.47 Å². The fourth-order valence-electron chi connectivity index (χ4n) is 5.58. The molecule has 1 atom stereocenters. The van der Waals surface area contributed by atoms with Crippen molar-refractivity contribution in [3.05, 3.63) is 108 Å². The number of rotatable bonds is 12. The molecule has 3 heteroatoms. The molecule has 0 aromatic heterocycles. The van der Waals surface area contributed by atoms with Crippen molar-refractivity contribution in [3.8, 4) is 33.8 Å². The Labute approximate surface area is 265 Å². The molecule has 232 valence electrons. The van der Waals surface area contributed by atoms with E-state index in [1.165, 1.54) is 11.1 Å². The van der Waals surface area contributed by atoms with Gasteiger partial charge in [-0.1, -0.05) is 107 Å². The molecule has 1 unspecified atom stereocenters. The fourth-order valence-corrected chi connectivity index (χ4v) is 5.58. The van der Waals surface area contributed by atoms with Crippen LogP contribution in [0.15, 0.2) is 97.1 Å². The second-order valence-electron chi connectivity index (χ2n) is 13.9. The maximum absolute atomic E-state index is 13.2. The summed E-state index contributed by atoms with van der Waals surface area (Å²) in [5.41, 5.74) is 5.41. The van der Waals surface area contributed by atoms with Crippen LogP contribution in [-0.4, -0.2) is 11.6 Å². The van der Waals surface area contributed by atoms with Gasteiger partial charge in [-0.2, -0.15) is 0 Å². The Hall–Kier alpha value is -3.85. The van der Waals surface area contributed by atoms with Gasteiger partial charge in [0.1, 0.15) is 17.1 Å². The largest absolute Gasteiger partial charge is 0.487 e. The van der Waals surface area contributed by atoms with Gasteiger partial charge in [-0.05, 0) is 99.4 Å². The van der Waals surface area contributed by atoms with Crippen molar-refractivity contribution >= 4 is 5.97 Å². The zero-order valence-electron chi connectivity index (χ0n) is 28.2. The monoisotopic (exact) mass is 590 g/mol. The topological polar surface area (TPSA) is 35.5 Å². The minimum Gasteiger partial charge on any atom is -0.487 e. The van der Waals surface area contributed by atoms with Gasteiger partial charge in [-0.3, -0.25) is 4.79 Å². The maximum atomic E-state index is 13.2. The van der Waals surface area contributed by atoms with Crippen LogP contribution in [0.25, 0.3) is 22.3 Å². The van der Waals surface area contributed by atoms with E-state index in [0.717, 1.165) is 40.8 Å². The summed E-state index contributed by atoms with van der Waals surface area (Å²) in [4.78, 5) is 13.2. The Bertz CT molecular complexity index is 1550. The van der Waals surface area contributed by atoms with E-state index in [1.807, 2.05) is 51.1 Å². The van der Waals surface area contributed by atoms with Gasteiger partial charge in [0.05, 0.1) is 5.41 Å². The van der Waals surface area contributed by atoms with Crippen LogP contribution in [0.3, 0.4) is 0 Å². The summed E-state index contributed by atoms with van der Waals surface area (Å²) >= 11 is 0. The van der Waals surface area contributed by atoms with Crippen molar-refractivity contribution in [3.63, 3.8) is 0 Å². The van der Waals surface area contributed by atoms with Gasteiger partial charge in [-0.25, -0.2) is 0 Å². The number of carbonyl (C=O) groups excluding carboxylic acids is 1. The fraction of sp³-hybridized carbons (Fsp3) is 0.390. The van der Waals surface area contributed by atoms with Crippen molar-refractivity contribution < 1.29 is 14.3 Å². The SMILES string of the molecule is CCC(C)(C)Oc1ccc(C(C)(CC(C)C)c2ccc(OC(=O)C(C)(C)CC)c(-c3ccccc3)c2)cc1-c1ccccc1. The lowest BCUT2D eigenvalue weighted by Gasteiger charge is -2.35. The van der Waals surface area contributed by atoms with E-state index in [0.29, 0.717) is 18.1 Å². The van der Waals surface area contributed by atoms with Crippen molar-refractivity contribution in [1.82, 2.24) is 0 Å².